The maximum atomic E-state index is 10.1. The van der Waals surface area contributed by atoms with Gasteiger partial charge in [-0.3, -0.25) is 4.90 Å². The van der Waals surface area contributed by atoms with Crippen LogP contribution in [0.5, 0.6) is 0 Å². The highest BCUT2D eigenvalue weighted by Crippen LogP contribution is 2.31. The van der Waals surface area contributed by atoms with E-state index < -0.39 is 0 Å². The Hall–Kier alpha value is -0.120. The van der Waals surface area contributed by atoms with Gasteiger partial charge in [-0.15, -0.1) is 0 Å². The number of aliphatic hydroxyl groups excluding tert-OH is 1. The van der Waals surface area contributed by atoms with Gasteiger partial charge in [-0.05, 0) is 43.9 Å². The summed E-state index contributed by atoms with van der Waals surface area (Å²) in [5, 5.41) is 10.1. The molecule has 2 aliphatic carbocycles. The molecule has 0 radical (unpaired) electrons. The van der Waals surface area contributed by atoms with Gasteiger partial charge in [-0.25, -0.2) is 0 Å². The summed E-state index contributed by atoms with van der Waals surface area (Å²) in [6.45, 7) is 8.40. The fourth-order valence-electron chi connectivity index (χ4n) is 3.76. The van der Waals surface area contributed by atoms with Crippen LogP contribution in [0.25, 0.3) is 0 Å². The van der Waals surface area contributed by atoms with Gasteiger partial charge in [0.05, 0.1) is 6.10 Å². The van der Waals surface area contributed by atoms with Crippen molar-refractivity contribution in [3.05, 3.63) is 0 Å². The molecule has 3 unspecified atom stereocenters. The molecule has 1 N–H and O–H groups in total. The van der Waals surface area contributed by atoms with Gasteiger partial charge in [0.2, 0.25) is 0 Å². The van der Waals surface area contributed by atoms with Crippen molar-refractivity contribution in [2.75, 3.05) is 32.7 Å². The average Bonchev–Trinajstić information content (AvgIpc) is 3.19. The summed E-state index contributed by atoms with van der Waals surface area (Å²) in [6, 6.07) is 0.924. The first kappa shape index (κ1) is 12.9. The summed E-state index contributed by atoms with van der Waals surface area (Å²) in [5.74, 6) is 1.34. The van der Waals surface area contributed by atoms with E-state index >= 15 is 0 Å². The Labute approximate surface area is 111 Å². The van der Waals surface area contributed by atoms with Crippen LogP contribution < -0.4 is 0 Å². The zero-order valence-corrected chi connectivity index (χ0v) is 11.7. The van der Waals surface area contributed by atoms with E-state index in [-0.39, 0.29) is 6.10 Å². The largest absolute Gasteiger partial charge is 0.393 e. The van der Waals surface area contributed by atoms with Crippen molar-refractivity contribution >= 4 is 0 Å². The molecule has 0 bridgehead atoms. The molecular formula is C15H28N2O. The van der Waals surface area contributed by atoms with E-state index in [2.05, 4.69) is 16.7 Å². The van der Waals surface area contributed by atoms with E-state index in [9.17, 15) is 5.11 Å². The van der Waals surface area contributed by atoms with E-state index in [4.69, 9.17) is 0 Å². The molecule has 0 aromatic rings. The highest BCUT2D eigenvalue weighted by Gasteiger charge is 2.33. The summed E-state index contributed by atoms with van der Waals surface area (Å²) >= 11 is 0. The predicted octanol–water partition coefficient (Wildman–Crippen LogP) is 1.56. The Balaban J connectivity index is 1.44. The van der Waals surface area contributed by atoms with Crippen molar-refractivity contribution in [2.45, 2.75) is 51.2 Å². The molecule has 0 amide bonds. The molecule has 0 spiro atoms. The molecule has 2 saturated carbocycles. The minimum Gasteiger partial charge on any atom is -0.393 e. The van der Waals surface area contributed by atoms with Gasteiger partial charge in [-0.2, -0.15) is 0 Å². The Morgan fingerprint density at radius 1 is 1.00 bits per heavy atom. The zero-order chi connectivity index (χ0) is 12.5. The number of hydrogen-bond acceptors (Lipinski definition) is 3. The second kappa shape index (κ2) is 5.48. The third-order valence-electron chi connectivity index (χ3n) is 5.17. The van der Waals surface area contributed by atoms with Gasteiger partial charge in [0.15, 0.2) is 0 Å². The van der Waals surface area contributed by atoms with E-state index in [1.54, 1.807) is 0 Å². The van der Waals surface area contributed by atoms with Crippen molar-refractivity contribution in [1.82, 2.24) is 9.80 Å². The molecule has 1 saturated heterocycles. The van der Waals surface area contributed by atoms with E-state index in [1.807, 2.05) is 0 Å². The second-order valence-electron chi connectivity index (χ2n) is 6.81. The van der Waals surface area contributed by atoms with Gasteiger partial charge < -0.3 is 10.0 Å². The number of rotatable bonds is 3. The minimum atomic E-state index is -0.0392. The molecule has 3 rings (SSSR count). The summed E-state index contributed by atoms with van der Waals surface area (Å²) in [5.41, 5.74) is 0. The first-order chi connectivity index (χ1) is 8.72. The summed E-state index contributed by atoms with van der Waals surface area (Å²) in [4.78, 5) is 5.25. The lowest BCUT2D eigenvalue weighted by molar-refractivity contribution is 0.0187. The van der Waals surface area contributed by atoms with Crippen LogP contribution >= 0.6 is 0 Å². The zero-order valence-electron chi connectivity index (χ0n) is 11.7. The van der Waals surface area contributed by atoms with Gasteiger partial charge in [0.25, 0.3) is 0 Å². The number of hydrogen-bond donors (Lipinski definition) is 1. The van der Waals surface area contributed by atoms with Crippen molar-refractivity contribution in [3.63, 3.8) is 0 Å². The maximum absolute atomic E-state index is 10.1. The topological polar surface area (TPSA) is 26.7 Å². The smallest absolute Gasteiger partial charge is 0.0580 e. The van der Waals surface area contributed by atoms with E-state index in [1.165, 1.54) is 51.9 Å². The standard InChI is InChI=1S/C15H28N2O/c1-12-2-5-15(18)13(10-12)11-16-6-8-17(9-7-16)14-3-4-14/h12-15,18H,2-11H2,1H3. The molecule has 0 aromatic heterocycles. The van der Waals surface area contributed by atoms with Crippen LogP contribution in [0.15, 0.2) is 0 Å². The Bertz CT molecular complexity index is 272. The van der Waals surface area contributed by atoms with Crippen molar-refractivity contribution in [3.8, 4) is 0 Å². The van der Waals surface area contributed by atoms with Crippen LogP contribution in [-0.4, -0.2) is 59.8 Å². The van der Waals surface area contributed by atoms with Gasteiger partial charge in [0.1, 0.15) is 0 Å². The second-order valence-corrected chi connectivity index (χ2v) is 6.81. The van der Waals surface area contributed by atoms with Gasteiger partial charge in [-0.1, -0.05) is 6.92 Å². The molecular weight excluding hydrogens is 224 g/mol. The molecule has 3 fully saturated rings. The summed E-state index contributed by atoms with van der Waals surface area (Å²) in [6.07, 6.45) is 6.28. The van der Waals surface area contributed by atoms with Gasteiger partial charge in [0, 0.05) is 38.8 Å². The fraction of sp³-hybridized carbons (Fsp3) is 1.00. The minimum absolute atomic E-state index is 0.0392. The third-order valence-corrected chi connectivity index (χ3v) is 5.17. The molecule has 3 nitrogen and oxygen atoms in total. The SMILES string of the molecule is CC1CCC(O)C(CN2CCN(C3CC3)CC2)C1. The molecule has 3 aliphatic rings. The number of piperazine rings is 1. The van der Waals surface area contributed by atoms with Crippen molar-refractivity contribution in [2.24, 2.45) is 11.8 Å². The van der Waals surface area contributed by atoms with Crippen LogP contribution in [0.3, 0.4) is 0 Å². The van der Waals surface area contributed by atoms with E-state index in [0.717, 1.165) is 24.9 Å². The highest BCUT2D eigenvalue weighted by atomic mass is 16.3. The van der Waals surface area contributed by atoms with Crippen LogP contribution in [0.1, 0.15) is 39.0 Å². The lowest BCUT2D eigenvalue weighted by Gasteiger charge is -2.39. The fourth-order valence-corrected chi connectivity index (χ4v) is 3.76. The molecule has 18 heavy (non-hydrogen) atoms. The molecule has 1 heterocycles. The van der Waals surface area contributed by atoms with Crippen molar-refractivity contribution < 1.29 is 5.11 Å². The molecule has 3 heteroatoms. The van der Waals surface area contributed by atoms with Crippen LogP contribution in [-0.2, 0) is 0 Å². The molecule has 104 valence electrons. The normalized spacial score (nSPS) is 40.0. The number of aliphatic hydroxyl groups is 1. The average molecular weight is 252 g/mol. The molecule has 3 atom stereocenters. The summed E-state index contributed by atoms with van der Waals surface area (Å²) < 4.78 is 0. The Kier molecular flexibility index (Phi) is 3.92. The third kappa shape index (κ3) is 3.06. The molecule has 0 aromatic carbocycles. The lowest BCUT2D eigenvalue weighted by atomic mass is 9.80. The Morgan fingerprint density at radius 2 is 1.72 bits per heavy atom. The first-order valence-corrected chi connectivity index (χ1v) is 7.87. The predicted molar refractivity (Wildman–Crippen MR) is 73.5 cm³/mol. The quantitative estimate of drug-likeness (QED) is 0.826. The maximum Gasteiger partial charge on any atom is 0.0580 e. The first-order valence-electron chi connectivity index (χ1n) is 7.87. The van der Waals surface area contributed by atoms with E-state index in [0.29, 0.717) is 5.92 Å². The van der Waals surface area contributed by atoms with Crippen LogP contribution in [0.2, 0.25) is 0 Å². The molecule has 1 aliphatic heterocycles. The lowest BCUT2D eigenvalue weighted by Crippen LogP contribution is -2.50. The van der Waals surface area contributed by atoms with Crippen molar-refractivity contribution in [1.29, 1.82) is 0 Å². The van der Waals surface area contributed by atoms with Gasteiger partial charge >= 0.3 is 0 Å². The van der Waals surface area contributed by atoms with Crippen LogP contribution in [0, 0.1) is 11.8 Å². The van der Waals surface area contributed by atoms with Crippen LogP contribution in [0.4, 0.5) is 0 Å². The Morgan fingerprint density at radius 3 is 2.39 bits per heavy atom. The highest BCUT2D eigenvalue weighted by molar-refractivity contribution is 4.88. The monoisotopic (exact) mass is 252 g/mol. The summed E-state index contributed by atoms with van der Waals surface area (Å²) in [7, 11) is 0. The number of nitrogens with zero attached hydrogens (tertiary/aromatic N) is 2.